The van der Waals surface area contributed by atoms with Gasteiger partial charge < -0.3 is 4.98 Å². The summed E-state index contributed by atoms with van der Waals surface area (Å²) in [6.45, 7) is 3.81. The number of para-hydroxylation sites is 1. The number of hydrogen-bond acceptors (Lipinski definition) is 1. The molecule has 0 spiro atoms. The molecule has 0 atom stereocenters. The number of nitrogens with one attached hydrogen (secondary N) is 1. The van der Waals surface area contributed by atoms with E-state index in [9.17, 15) is 4.79 Å². The first-order valence-corrected chi connectivity index (χ1v) is 7.87. The predicted molar refractivity (Wildman–Crippen MR) is 91.5 cm³/mol. The van der Waals surface area contributed by atoms with Gasteiger partial charge >= 0.3 is 0 Å². The van der Waals surface area contributed by atoms with Crippen molar-refractivity contribution in [3.05, 3.63) is 70.9 Å². The molecule has 0 bridgehead atoms. The number of Topliss-reactive ketones (excluding diaryl/α,β-unsaturated/α-hetero) is 1. The Hall–Kier alpha value is -2.35. The Kier molecular flexibility index (Phi) is 4.10. The maximum atomic E-state index is 11.4. The standard InChI is InChI=1S/C20H21NO/c1-3-6-19-18(17-7-4-5-8-20(17)21-19)13-15-9-11-16(12-10-15)14(2)22/h4-5,7-12,21H,3,6,13H2,1-2H3. The molecular formula is C20H21NO. The summed E-state index contributed by atoms with van der Waals surface area (Å²) in [6.07, 6.45) is 3.09. The highest BCUT2D eigenvalue weighted by atomic mass is 16.1. The van der Waals surface area contributed by atoms with Crippen LogP contribution >= 0.6 is 0 Å². The molecule has 1 heterocycles. The van der Waals surface area contributed by atoms with E-state index in [4.69, 9.17) is 0 Å². The molecule has 0 aliphatic heterocycles. The summed E-state index contributed by atoms with van der Waals surface area (Å²) in [5.41, 5.74) is 5.94. The van der Waals surface area contributed by atoms with Crippen molar-refractivity contribution < 1.29 is 4.79 Å². The molecule has 0 fully saturated rings. The molecule has 22 heavy (non-hydrogen) atoms. The van der Waals surface area contributed by atoms with E-state index < -0.39 is 0 Å². The molecule has 3 aromatic rings. The van der Waals surface area contributed by atoms with Crippen molar-refractivity contribution in [3.63, 3.8) is 0 Å². The van der Waals surface area contributed by atoms with Gasteiger partial charge in [-0.1, -0.05) is 55.8 Å². The number of carbonyl (C=O) groups is 1. The quantitative estimate of drug-likeness (QED) is 0.665. The van der Waals surface area contributed by atoms with Crippen molar-refractivity contribution in [2.45, 2.75) is 33.1 Å². The summed E-state index contributed by atoms with van der Waals surface area (Å²) >= 11 is 0. The number of H-pyrrole nitrogens is 1. The molecule has 2 aromatic carbocycles. The molecule has 0 unspecified atom stereocenters. The molecular weight excluding hydrogens is 270 g/mol. The third-order valence-electron chi connectivity index (χ3n) is 4.14. The first-order valence-electron chi connectivity index (χ1n) is 7.87. The lowest BCUT2D eigenvalue weighted by Crippen LogP contribution is -1.96. The second-order valence-electron chi connectivity index (χ2n) is 5.81. The summed E-state index contributed by atoms with van der Waals surface area (Å²) in [5, 5.41) is 1.31. The van der Waals surface area contributed by atoms with Crippen molar-refractivity contribution in [3.8, 4) is 0 Å². The lowest BCUT2D eigenvalue weighted by atomic mass is 9.99. The highest BCUT2D eigenvalue weighted by Gasteiger charge is 2.11. The predicted octanol–water partition coefficient (Wildman–Crippen LogP) is 4.91. The Balaban J connectivity index is 1.98. The van der Waals surface area contributed by atoms with Gasteiger partial charge in [0.2, 0.25) is 0 Å². The number of rotatable bonds is 5. The Morgan fingerprint density at radius 2 is 1.77 bits per heavy atom. The van der Waals surface area contributed by atoms with Gasteiger partial charge in [-0.25, -0.2) is 0 Å². The number of carbonyl (C=O) groups excluding carboxylic acids is 1. The van der Waals surface area contributed by atoms with Gasteiger partial charge in [-0.3, -0.25) is 4.79 Å². The number of aromatic nitrogens is 1. The highest BCUT2D eigenvalue weighted by Crippen LogP contribution is 2.26. The van der Waals surface area contributed by atoms with Gasteiger partial charge in [0.15, 0.2) is 5.78 Å². The first-order chi connectivity index (χ1) is 10.7. The summed E-state index contributed by atoms with van der Waals surface area (Å²) in [6, 6.07) is 16.5. The highest BCUT2D eigenvalue weighted by molar-refractivity contribution is 5.94. The SMILES string of the molecule is CCCc1[nH]c2ccccc2c1Cc1ccc(C(C)=O)cc1. The number of aryl methyl sites for hydroxylation is 1. The minimum atomic E-state index is 0.116. The van der Waals surface area contributed by atoms with Crippen molar-refractivity contribution in [1.29, 1.82) is 0 Å². The molecule has 0 radical (unpaired) electrons. The maximum Gasteiger partial charge on any atom is 0.159 e. The van der Waals surface area contributed by atoms with Gasteiger partial charge in [-0.05, 0) is 37.0 Å². The molecule has 2 heteroatoms. The van der Waals surface area contributed by atoms with Gasteiger partial charge in [0.05, 0.1) is 0 Å². The Morgan fingerprint density at radius 3 is 2.45 bits per heavy atom. The van der Waals surface area contributed by atoms with Crippen molar-refractivity contribution in [2.24, 2.45) is 0 Å². The third kappa shape index (κ3) is 2.82. The van der Waals surface area contributed by atoms with E-state index in [-0.39, 0.29) is 5.78 Å². The van der Waals surface area contributed by atoms with E-state index in [0.717, 1.165) is 24.8 Å². The van der Waals surface area contributed by atoms with Crippen molar-refractivity contribution >= 4 is 16.7 Å². The van der Waals surface area contributed by atoms with Gasteiger partial charge in [0.1, 0.15) is 0 Å². The van der Waals surface area contributed by atoms with Crippen LogP contribution in [0.2, 0.25) is 0 Å². The summed E-state index contributed by atoms with van der Waals surface area (Å²) < 4.78 is 0. The Morgan fingerprint density at radius 1 is 1.05 bits per heavy atom. The molecule has 0 aliphatic rings. The van der Waals surface area contributed by atoms with Gasteiger partial charge in [-0.15, -0.1) is 0 Å². The van der Waals surface area contributed by atoms with Crippen molar-refractivity contribution in [2.75, 3.05) is 0 Å². The molecule has 0 saturated heterocycles. The van der Waals surface area contributed by atoms with Crippen LogP contribution in [0.1, 0.15) is 47.4 Å². The maximum absolute atomic E-state index is 11.4. The smallest absolute Gasteiger partial charge is 0.159 e. The normalized spacial score (nSPS) is 11.0. The van der Waals surface area contributed by atoms with Crippen LogP contribution in [-0.4, -0.2) is 10.8 Å². The fourth-order valence-electron chi connectivity index (χ4n) is 2.98. The van der Waals surface area contributed by atoms with Crippen LogP contribution in [0.25, 0.3) is 10.9 Å². The zero-order valence-electron chi connectivity index (χ0n) is 13.1. The van der Waals surface area contributed by atoms with E-state index in [0.29, 0.717) is 0 Å². The van der Waals surface area contributed by atoms with Crippen LogP contribution in [0.4, 0.5) is 0 Å². The number of aromatic amines is 1. The lowest BCUT2D eigenvalue weighted by Gasteiger charge is -2.05. The second-order valence-corrected chi connectivity index (χ2v) is 5.81. The largest absolute Gasteiger partial charge is 0.358 e. The minimum Gasteiger partial charge on any atom is -0.358 e. The molecule has 3 rings (SSSR count). The first kappa shape index (κ1) is 14.6. The monoisotopic (exact) mass is 291 g/mol. The molecule has 1 aromatic heterocycles. The number of ketones is 1. The molecule has 112 valence electrons. The van der Waals surface area contributed by atoms with E-state index in [1.807, 2.05) is 12.1 Å². The summed E-state index contributed by atoms with van der Waals surface area (Å²) in [5.74, 6) is 0.116. The van der Waals surface area contributed by atoms with Crippen molar-refractivity contribution in [1.82, 2.24) is 4.98 Å². The van der Waals surface area contributed by atoms with Crippen LogP contribution in [0, 0.1) is 0 Å². The molecule has 0 saturated carbocycles. The van der Waals surface area contributed by atoms with Gasteiger partial charge in [-0.2, -0.15) is 0 Å². The topological polar surface area (TPSA) is 32.9 Å². The van der Waals surface area contributed by atoms with Crippen LogP contribution in [0.3, 0.4) is 0 Å². The van der Waals surface area contributed by atoms with Crippen LogP contribution in [0.5, 0.6) is 0 Å². The third-order valence-corrected chi connectivity index (χ3v) is 4.14. The van der Waals surface area contributed by atoms with Gasteiger partial charge in [0.25, 0.3) is 0 Å². The molecule has 1 N–H and O–H groups in total. The van der Waals surface area contributed by atoms with Crippen LogP contribution < -0.4 is 0 Å². The van der Waals surface area contributed by atoms with Crippen LogP contribution in [-0.2, 0) is 12.8 Å². The fraction of sp³-hybridized carbons (Fsp3) is 0.250. The zero-order valence-corrected chi connectivity index (χ0v) is 13.1. The summed E-state index contributed by atoms with van der Waals surface area (Å²) in [4.78, 5) is 14.9. The number of hydrogen-bond donors (Lipinski definition) is 1. The zero-order chi connectivity index (χ0) is 15.5. The van der Waals surface area contributed by atoms with E-state index >= 15 is 0 Å². The Labute approximate surface area is 131 Å². The van der Waals surface area contributed by atoms with Gasteiger partial charge in [0, 0.05) is 22.2 Å². The number of fused-ring (bicyclic) bond motifs is 1. The summed E-state index contributed by atoms with van der Waals surface area (Å²) in [7, 11) is 0. The fourth-order valence-corrected chi connectivity index (χ4v) is 2.98. The average molecular weight is 291 g/mol. The second kappa shape index (κ2) is 6.18. The minimum absolute atomic E-state index is 0.116. The van der Waals surface area contributed by atoms with E-state index in [1.54, 1.807) is 6.92 Å². The average Bonchev–Trinajstić information content (AvgIpc) is 2.86. The number of benzene rings is 2. The molecule has 0 amide bonds. The Bertz CT molecular complexity index is 796. The lowest BCUT2D eigenvalue weighted by molar-refractivity contribution is 0.101. The molecule has 0 aliphatic carbocycles. The van der Waals surface area contributed by atoms with Crippen LogP contribution in [0.15, 0.2) is 48.5 Å². The molecule has 2 nitrogen and oxygen atoms in total. The van der Waals surface area contributed by atoms with E-state index in [2.05, 4.69) is 48.3 Å². The van der Waals surface area contributed by atoms with E-state index in [1.165, 1.54) is 27.7 Å².